The van der Waals surface area contributed by atoms with Gasteiger partial charge in [0.1, 0.15) is 31.0 Å². The van der Waals surface area contributed by atoms with Crippen LogP contribution in [-0.2, 0) is 92.0 Å². The van der Waals surface area contributed by atoms with Crippen molar-refractivity contribution in [3.8, 4) is 0 Å². The van der Waals surface area contributed by atoms with Crippen molar-refractivity contribution in [2.24, 2.45) is 0 Å². The molecule has 3 saturated heterocycles. The van der Waals surface area contributed by atoms with E-state index in [-0.39, 0.29) is 40.0 Å². The smallest absolute Gasteiger partial charge is 0.338 e. The van der Waals surface area contributed by atoms with Crippen molar-refractivity contribution < 1.29 is 119 Å². The summed E-state index contributed by atoms with van der Waals surface area (Å²) < 4.78 is 93.2. The Morgan fingerprint density at radius 3 is 1.15 bits per heavy atom. The van der Waals surface area contributed by atoms with Gasteiger partial charge in [-0.25, -0.2) is 28.8 Å². The van der Waals surface area contributed by atoms with Gasteiger partial charge in [-0.1, -0.05) is 140 Å². The van der Waals surface area contributed by atoms with E-state index in [0.29, 0.717) is 5.56 Å². The van der Waals surface area contributed by atoms with Gasteiger partial charge in [-0.15, -0.1) is 0 Å². The van der Waals surface area contributed by atoms with E-state index < -0.39 is 166 Å². The number of rotatable bonds is 27. The van der Waals surface area contributed by atoms with Gasteiger partial charge < -0.3 is 76.2 Å². The van der Waals surface area contributed by atoms with Crippen molar-refractivity contribution in [3.63, 3.8) is 0 Å². The molecule has 0 aliphatic carbocycles. The zero-order valence-corrected chi connectivity index (χ0v) is 52.9. The molecule has 25 nitrogen and oxygen atoms in total. The molecule has 15 atom stereocenters. The SMILES string of the molecule is CC(=O)OC[C@H]1O[C@@H](OC[C@@H](OC(=O)c2ccccc2)[C@@H]2O[C@@H](O)[C@H](OC(=O)c3ccccc3)[C@H]2OC(=O)c2ccccc2)[C@H](OC(C)=O)[C@@H](O[C@@H]2O[C@@H]([C@@H](COCc3ccccc3)OC(=O)c3ccccc3)[C@H](OC(=O)c3ccccc3)[C@H]2OC(=O)c2ccccc2)[C@H]1OC(C)=O. The van der Waals surface area contributed by atoms with E-state index in [2.05, 4.69) is 0 Å². The lowest BCUT2D eigenvalue weighted by Gasteiger charge is -2.45. The van der Waals surface area contributed by atoms with Crippen LogP contribution in [0.4, 0.5) is 0 Å². The Morgan fingerprint density at radius 2 is 0.724 bits per heavy atom. The van der Waals surface area contributed by atoms with Gasteiger partial charge in [0.25, 0.3) is 0 Å². The standard InChI is InChI=1S/C73H68O25/c1-43(74)85-41-55-56(87-44(2)75)61(63(88-45(3)76)72(91-55)86-42-54(90-66(78)48-29-15-6-16-30-48)57-59(93-67(79)49-31-17-7-18-32-49)62(71(83)92-57)95-69(81)51-35-21-9-22-36-51)98-73-64(96-70(82)52-37-23-10-24-38-52)60(94-68(80)50-33-19-8-20-34-50)58(97-73)53(40-84-39-46-25-11-4-12-26-46)89-65(77)47-27-13-5-14-28-47/h4-38,53-64,71-73,83H,39-42H2,1-3H3/t53-,54-,55-,56+,57+,58+,59+,60+,61+,62-,63-,64-,71-,72-,73+/m1/s1. The lowest BCUT2D eigenvalue weighted by molar-refractivity contribution is -0.337. The van der Waals surface area contributed by atoms with E-state index in [9.17, 15) is 48.3 Å². The maximum atomic E-state index is 14.6. The minimum atomic E-state index is -2.08. The molecule has 0 bridgehead atoms. The van der Waals surface area contributed by atoms with Gasteiger partial charge in [-0.3, -0.25) is 14.4 Å². The summed E-state index contributed by atoms with van der Waals surface area (Å²) in [5, 5.41) is 11.7. The third kappa shape index (κ3) is 18.5. The molecule has 10 rings (SSSR count). The van der Waals surface area contributed by atoms with Gasteiger partial charge in [0.15, 0.2) is 67.7 Å². The molecule has 98 heavy (non-hydrogen) atoms. The Labute approximate surface area is 561 Å². The average molecular weight is 1350 g/mol. The van der Waals surface area contributed by atoms with E-state index in [1.165, 1.54) is 72.8 Å². The Morgan fingerprint density at radius 1 is 0.367 bits per heavy atom. The zero-order chi connectivity index (χ0) is 69.1. The summed E-state index contributed by atoms with van der Waals surface area (Å²) in [7, 11) is 0. The minimum absolute atomic E-state index is 0.0114. The molecule has 1 N–H and O–H groups in total. The fraction of sp³-hybridized carbons (Fsp3) is 0.301. The van der Waals surface area contributed by atoms with Crippen LogP contribution in [0.25, 0.3) is 0 Å². The van der Waals surface area contributed by atoms with Crippen molar-refractivity contribution in [1.29, 1.82) is 0 Å². The summed E-state index contributed by atoms with van der Waals surface area (Å²) in [6, 6.07) is 54.9. The number of hydrogen-bond acceptors (Lipinski definition) is 25. The van der Waals surface area contributed by atoms with Crippen LogP contribution in [0.2, 0.25) is 0 Å². The maximum Gasteiger partial charge on any atom is 0.338 e. The molecular formula is C73H68O25. The maximum absolute atomic E-state index is 14.6. The molecule has 3 aliphatic heterocycles. The molecule has 7 aromatic carbocycles. The van der Waals surface area contributed by atoms with E-state index in [4.69, 9.17) is 71.1 Å². The fourth-order valence-corrected chi connectivity index (χ4v) is 10.9. The first-order valence-corrected chi connectivity index (χ1v) is 31.0. The number of benzene rings is 7. The first kappa shape index (κ1) is 70.3. The van der Waals surface area contributed by atoms with Crippen LogP contribution in [0.3, 0.4) is 0 Å². The van der Waals surface area contributed by atoms with Crippen molar-refractivity contribution in [2.75, 3.05) is 19.8 Å². The normalized spacial score (nSPS) is 23.9. The van der Waals surface area contributed by atoms with E-state index in [1.807, 2.05) is 0 Å². The Bertz CT molecular complexity index is 3810. The van der Waals surface area contributed by atoms with Gasteiger partial charge in [0.05, 0.1) is 53.2 Å². The summed E-state index contributed by atoms with van der Waals surface area (Å²) >= 11 is 0. The molecule has 0 saturated carbocycles. The molecule has 7 aromatic rings. The van der Waals surface area contributed by atoms with E-state index in [0.717, 1.165) is 20.8 Å². The van der Waals surface area contributed by atoms with Gasteiger partial charge in [0, 0.05) is 20.8 Å². The van der Waals surface area contributed by atoms with E-state index >= 15 is 0 Å². The predicted molar refractivity (Wildman–Crippen MR) is 337 cm³/mol. The molecule has 3 heterocycles. The third-order valence-electron chi connectivity index (χ3n) is 15.5. The third-order valence-corrected chi connectivity index (χ3v) is 15.5. The number of carbonyl (C=O) groups is 9. The van der Waals surface area contributed by atoms with Crippen LogP contribution in [-0.4, -0.2) is 171 Å². The number of ether oxygens (including phenoxy) is 15. The highest BCUT2D eigenvalue weighted by atomic mass is 16.8. The fourth-order valence-electron chi connectivity index (χ4n) is 10.9. The number of aliphatic hydroxyl groups excluding tert-OH is 1. The molecule has 3 fully saturated rings. The Balaban J connectivity index is 1.06. The zero-order valence-electron chi connectivity index (χ0n) is 52.9. The van der Waals surface area contributed by atoms with Crippen molar-refractivity contribution in [3.05, 3.63) is 251 Å². The quantitative estimate of drug-likeness (QED) is 0.0383. The monoisotopic (exact) mass is 1340 g/mol. The highest BCUT2D eigenvalue weighted by Gasteiger charge is 2.60. The molecule has 0 radical (unpaired) electrons. The molecule has 0 amide bonds. The van der Waals surface area contributed by atoms with Gasteiger partial charge in [0.2, 0.25) is 0 Å². The van der Waals surface area contributed by atoms with Crippen LogP contribution in [0, 0.1) is 0 Å². The summed E-state index contributed by atoms with van der Waals surface area (Å²) in [4.78, 5) is 125. The average Bonchev–Trinajstić information content (AvgIpc) is 1.42. The second kappa shape index (κ2) is 33.9. The second-order valence-electron chi connectivity index (χ2n) is 22.5. The molecule has 0 spiro atoms. The second-order valence-corrected chi connectivity index (χ2v) is 22.5. The molecule has 0 unspecified atom stereocenters. The van der Waals surface area contributed by atoms with Crippen LogP contribution in [0.1, 0.15) is 88.5 Å². The number of aliphatic hydroxyl groups is 1. The summed E-state index contributed by atoms with van der Waals surface area (Å²) in [5.74, 6) is -8.82. The highest BCUT2D eigenvalue weighted by molar-refractivity contribution is 5.92. The number of esters is 9. The van der Waals surface area contributed by atoms with Gasteiger partial charge >= 0.3 is 53.7 Å². The lowest BCUT2D eigenvalue weighted by Crippen LogP contribution is -2.64. The van der Waals surface area contributed by atoms with Crippen LogP contribution >= 0.6 is 0 Å². The summed E-state index contributed by atoms with van der Waals surface area (Å²) in [6.07, 6.45) is -28.0. The van der Waals surface area contributed by atoms with Crippen LogP contribution in [0.15, 0.2) is 212 Å². The van der Waals surface area contributed by atoms with Gasteiger partial charge in [-0.2, -0.15) is 0 Å². The topological polar surface area (TPSA) is 312 Å². The first-order valence-electron chi connectivity index (χ1n) is 31.0. The first-order chi connectivity index (χ1) is 47.5. The van der Waals surface area contributed by atoms with Crippen LogP contribution < -0.4 is 0 Å². The lowest BCUT2D eigenvalue weighted by atomic mass is 9.97. The molecule has 25 heteroatoms. The highest BCUT2D eigenvalue weighted by Crippen LogP contribution is 2.39. The molecule has 0 aromatic heterocycles. The molecular weight excluding hydrogens is 1280 g/mol. The predicted octanol–water partition coefficient (Wildman–Crippen LogP) is 7.55. The molecule has 510 valence electrons. The van der Waals surface area contributed by atoms with Crippen molar-refractivity contribution in [2.45, 2.75) is 119 Å². The van der Waals surface area contributed by atoms with Crippen LogP contribution in [0.5, 0.6) is 0 Å². The number of hydrogen-bond donors (Lipinski definition) is 1. The Kier molecular flexibility index (Phi) is 24.3. The molecule has 3 aliphatic rings. The summed E-state index contributed by atoms with van der Waals surface area (Å²) in [6.45, 7) is 0.863. The Hall–Kier alpha value is -10.5. The van der Waals surface area contributed by atoms with E-state index in [1.54, 1.807) is 140 Å². The minimum Gasteiger partial charge on any atom is -0.463 e. The van der Waals surface area contributed by atoms with Gasteiger partial charge in [-0.05, 0) is 78.4 Å². The van der Waals surface area contributed by atoms with Crippen molar-refractivity contribution in [1.82, 2.24) is 0 Å². The summed E-state index contributed by atoms with van der Waals surface area (Å²) in [5.41, 5.74) is 0.814. The van der Waals surface area contributed by atoms with Crippen molar-refractivity contribution >= 4 is 53.7 Å². The number of carbonyl (C=O) groups excluding carboxylic acids is 9. The largest absolute Gasteiger partial charge is 0.463 e.